The molecule has 0 bridgehead atoms. The fourth-order valence-electron chi connectivity index (χ4n) is 3.27. The third kappa shape index (κ3) is 2.74. The molecule has 5 nitrogen and oxygen atoms in total. The van der Waals surface area contributed by atoms with E-state index in [1.54, 1.807) is 17.5 Å². The van der Waals surface area contributed by atoms with Gasteiger partial charge in [-0.3, -0.25) is 4.98 Å². The zero-order valence-corrected chi connectivity index (χ0v) is 13.9. The van der Waals surface area contributed by atoms with Crippen LogP contribution in [0.4, 0.5) is 11.5 Å². The Hall–Kier alpha value is -2.21. The molecule has 4 heterocycles. The lowest BCUT2D eigenvalue weighted by Gasteiger charge is -2.38. The molecule has 0 spiro atoms. The highest BCUT2D eigenvalue weighted by Crippen LogP contribution is 2.32. The van der Waals surface area contributed by atoms with Crippen molar-refractivity contribution in [3.63, 3.8) is 0 Å². The molecule has 0 aliphatic carbocycles. The molecule has 0 amide bonds. The van der Waals surface area contributed by atoms with Gasteiger partial charge in [-0.1, -0.05) is 0 Å². The first kappa shape index (κ1) is 14.4. The third-order valence-electron chi connectivity index (χ3n) is 4.60. The summed E-state index contributed by atoms with van der Waals surface area (Å²) in [5.74, 6) is 0.954. The van der Waals surface area contributed by atoms with Crippen LogP contribution in [-0.2, 0) is 0 Å². The van der Waals surface area contributed by atoms with Gasteiger partial charge in [0.1, 0.15) is 0 Å². The highest BCUT2D eigenvalue weighted by atomic mass is 32.1. The largest absolute Gasteiger partial charge is 0.370 e. The molecule has 3 aromatic heterocycles. The van der Waals surface area contributed by atoms with Crippen molar-refractivity contribution >= 4 is 33.1 Å². The maximum Gasteiger partial charge on any atom is 0.151 e. The molecule has 6 heteroatoms. The summed E-state index contributed by atoms with van der Waals surface area (Å²) in [6.07, 6.45) is 5.89. The van der Waals surface area contributed by atoms with Crippen molar-refractivity contribution in [2.45, 2.75) is 18.9 Å². The molecule has 1 aliphatic heterocycles. The van der Waals surface area contributed by atoms with E-state index in [9.17, 15) is 0 Å². The summed E-state index contributed by atoms with van der Waals surface area (Å²) in [7, 11) is 2.12. The number of aromatic nitrogens is 3. The molecular weight excluding hydrogens is 306 g/mol. The van der Waals surface area contributed by atoms with Crippen LogP contribution in [0.25, 0.3) is 10.2 Å². The highest BCUT2D eigenvalue weighted by molar-refractivity contribution is 7.17. The predicted octanol–water partition coefficient (Wildman–Crippen LogP) is 3.19. The van der Waals surface area contributed by atoms with Gasteiger partial charge in [-0.25, -0.2) is 0 Å². The molecule has 23 heavy (non-hydrogen) atoms. The normalized spacial score (nSPS) is 16.0. The van der Waals surface area contributed by atoms with Crippen LogP contribution in [0.15, 0.2) is 42.0 Å². The summed E-state index contributed by atoms with van der Waals surface area (Å²) < 4.78 is 1.30. The fraction of sp³-hybridized carbons (Fsp3) is 0.353. The van der Waals surface area contributed by atoms with Crippen LogP contribution in [0.2, 0.25) is 0 Å². The lowest BCUT2D eigenvalue weighted by Crippen LogP contribution is -2.43. The Morgan fingerprint density at radius 1 is 1.17 bits per heavy atom. The van der Waals surface area contributed by atoms with Gasteiger partial charge in [-0.15, -0.1) is 16.4 Å². The number of hydrogen-bond acceptors (Lipinski definition) is 6. The number of hydrogen-bond donors (Lipinski definition) is 0. The molecule has 1 aliphatic rings. The molecule has 0 N–H and O–H groups in total. The molecule has 0 atom stereocenters. The first-order valence-corrected chi connectivity index (χ1v) is 8.78. The minimum atomic E-state index is 0.517. The first-order valence-electron chi connectivity index (χ1n) is 7.90. The Kier molecular flexibility index (Phi) is 3.83. The Morgan fingerprint density at radius 3 is 2.83 bits per heavy atom. The van der Waals surface area contributed by atoms with Gasteiger partial charge in [0.2, 0.25) is 0 Å². The van der Waals surface area contributed by atoms with Crippen molar-refractivity contribution < 1.29 is 0 Å². The number of thiophene rings is 1. The van der Waals surface area contributed by atoms with E-state index in [0.717, 1.165) is 37.3 Å². The quantitative estimate of drug-likeness (QED) is 0.740. The maximum absolute atomic E-state index is 4.44. The SMILES string of the molecule is CN(c1cccnn1)C1CCN(c2ccnc3ccsc23)CC1. The Bertz CT molecular complexity index is 780. The second-order valence-corrected chi connectivity index (χ2v) is 6.79. The van der Waals surface area contributed by atoms with Crippen molar-refractivity contribution in [1.82, 2.24) is 15.2 Å². The maximum atomic E-state index is 4.44. The molecule has 0 saturated carbocycles. The van der Waals surface area contributed by atoms with Gasteiger partial charge >= 0.3 is 0 Å². The van der Waals surface area contributed by atoms with Crippen LogP contribution in [0, 0.1) is 0 Å². The van der Waals surface area contributed by atoms with Crippen LogP contribution >= 0.6 is 11.3 Å². The summed E-state index contributed by atoms with van der Waals surface area (Å²) >= 11 is 1.78. The van der Waals surface area contributed by atoms with E-state index >= 15 is 0 Å². The smallest absolute Gasteiger partial charge is 0.151 e. The number of rotatable bonds is 3. The van der Waals surface area contributed by atoms with E-state index in [-0.39, 0.29) is 0 Å². The predicted molar refractivity (Wildman–Crippen MR) is 95.3 cm³/mol. The van der Waals surface area contributed by atoms with E-state index < -0.39 is 0 Å². The van der Waals surface area contributed by atoms with Gasteiger partial charge in [0.25, 0.3) is 0 Å². The fourth-order valence-corrected chi connectivity index (χ4v) is 4.16. The summed E-state index contributed by atoms with van der Waals surface area (Å²) in [5.41, 5.74) is 2.43. The first-order chi connectivity index (χ1) is 11.3. The minimum absolute atomic E-state index is 0.517. The number of anilines is 2. The second-order valence-electron chi connectivity index (χ2n) is 5.88. The average Bonchev–Trinajstić information content (AvgIpc) is 3.11. The minimum Gasteiger partial charge on any atom is -0.370 e. The molecule has 4 rings (SSSR count). The Balaban J connectivity index is 1.48. The molecule has 0 radical (unpaired) electrons. The molecule has 0 aromatic carbocycles. The van der Waals surface area contributed by atoms with E-state index in [1.807, 2.05) is 18.3 Å². The molecule has 3 aromatic rings. The van der Waals surface area contributed by atoms with Crippen LogP contribution in [0.5, 0.6) is 0 Å². The topological polar surface area (TPSA) is 45.2 Å². The van der Waals surface area contributed by atoms with E-state index in [1.165, 1.54) is 10.4 Å². The third-order valence-corrected chi connectivity index (χ3v) is 5.52. The summed E-state index contributed by atoms with van der Waals surface area (Å²) in [4.78, 5) is 9.19. The van der Waals surface area contributed by atoms with Crippen LogP contribution in [0.1, 0.15) is 12.8 Å². The van der Waals surface area contributed by atoms with Gasteiger partial charge < -0.3 is 9.80 Å². The lowest BCUT2D eigenvalue weighted by atomic mass is 10.0. The summed E-state index contributed by atoms with van der Waals surface area (Å²) in [5, 5.41) is 10.3. The Morgan fingerprint density at radius 2 is 2.04 bits per heavy atom. The number of fused-ring (bicyclic) bond motifs is 1. The summed E-state index contributed by atoms with van der Waals surface area (Å²) in [6.45, 7) is 2.12. The molecule has 1 fully saturated rings. The van der Waals surface area contributed by atoms with Crippen LogP contribution < -0.4 is 9.80 Å². The molecule has 118 valence electrons. The zero-order chi connectivity index (χ0) is 15.6. The van der Waals surface area contributed by atoms with Gasteiger partial charge in [-0.2, -0.15) is 5.10 Å². The highest BCUT2D eigenvalue weighted by Gasteiger charge is 2.24. The van der Waals surface area contributed by atoms with Gasteiger partial charge in [0.05, 0.1) is 15.9 Å². The molecule has 1 saturated heterocycles. The number of nitrogens with zero attached hydrogens (tertiary/aromatic N) is 5. The molecular formula is C17H19N5S. The van der Waals surface area contributed by atoms with E-state index in [4.69, 9.17) is 0 Å². The van der Waals surface area contributed by atoms with E-state index in [2.05, 4.69) is 49.5 Å². The Labute approximate surface area is 139 Å². The van der Waals surface area contributed by atoms with Crippen molar-refractivity contribution in [3.05, 3.63) is 42.0 Å². The van der Waals surface area contributed by atoms with Crippen LogP contribution in [-0.4, -0.2) is 41.4 Å². The molecule has 0 unspecified atom stereocenters. The van der Waals surface area contributed by atoms with Gasteiger partial charge in [0, 0.05) is 38.6 Å². The van der Waals surface area contributed by atoms with E-state index in [0.29, 0.717) is 6.04 Å². The van der Waals surface area contributed by atoms with Crippen molar-refractivity contribution in [3.8, 4) is 0 Å². The van der Waals surface area contributed by atoms with Gasteiger partial charge in [-0.05, 0) is 42.5 Å². The standard InChI is InChI=1S/C17H19N5S/c1-21(16-3-2-8-19-20-16)13-5-10-22(11-6-13)15-4-9-18-14-7-12-23-17(14)15/h2-4,7-9,12-13H,5-6,10-11H2,1H3. The summed E-state index contributed by atoms with van der Waals surface area (Å²) in [6, 6.07) is 8.73. The van der Waals surface area contributed by atoms with Gasteiger partial charge in [0.15, 0.2) is 5.82 Å². The lowest BCUT2D eigenvalue weighted by molar-refractivity contribution is 0.480. The monoisotopic (exact) mass is 325 g/mol. The zero-order valence-electron chi connectivity index (χ0n) is 13.1. The van der Waals surface area contributed by atoms with Crippen molar-refractivity contribution in [2.75, 3.05) is 29.9 Å². The van der Waals surface area contributed by atoms with Crippen molar-refractivity contribution in [2.24, 2.45) is 0 Å². The number of piperidine rings is 1. The average molecular weight is 325 g/mol. The van der Waals surface area contributed by atoms with Crippen molar-refractivity contribution in [1.29, 1.82) is 0 Å². The second kappa shape index (κ2) is 6.12. The van der Waals surface area contributed by atoms with Crippen LogP contribution in [0.3, 0.4) is 0 Å². The number of pyridine rings is 1.